The van der Waals surface area contributed by atoms with E-state index in [1.54, 1.807) is 12.1 Å². The minimum Gasteiger partial charge on any atom is -0.477 e. The molecule has 0 unspecified atom stereocenters. The second kappa shape index (κ2) is 5.34. The quantitative estimate of drug-likeness (QED) is 0.726. The van der Waals surface area contributed by atoms with Crippen molar-refractivity contribution in [2.24, 2.45) is 0 Å². The van der Waals surface area contributed by atoms with E-state index in [1.165, 1.54) is 6.07 Å². The van der Waals surface area contributed by atoms with E-state index in [-0.39, 0.29) is 5.69 Å². The summed E-state index contributed by atoms with van der Waals surface area (Å²) in [5, 5.41) is 8.68. The fourth-order valence-electron chi connectivity index (χ4n) is 1.00. The van der Waals surface area contributed by atoms with E-state index < -0.39 is 5.97 Å². The average Bonchev–Trinajstić information content (AvgIpc) is 2.19. The number of nitrogens with zero attached hydrogens (tertiary/aromatic N) is 1. The zero-order valence-corrected chi connectivity index (χ0v) is 8.06. The van der Waals surface area contributed by atoms with Crippen LogP contribution in [0.2, 0.25) is 0 Å². The molecule has 0 aliphatic heterocycles. The van der Waals surface area contributed by atoms with Gasteiger partial charge in [-0.3, -0.25) is 0 Å². The largest absolute Gasteiger partial charge is 0.477 e. The molecule has 1 heterocycles. The zero-order valence-electron chi connectivity index (χ0n) is 8.06. The molecular weight excluding hydrogens is 182 g/mol. The molecule has 4 nitrogen and oxygen atoms in total. The smallest absolute Gasteiger partial charge is 0.354 e. The fourth-order valence-corrected chi connectivity index (χ4v) is 1.00. The van der Waals surface area contributed by atoms with Gasteiger partial charge in [0.1, 0.15) is 5.69 Å². The van der Waals surface area contributed by atoms with Crippen molar-refractivity contribution in [3.63, 3.8) is 0 Å². The molecule has 1 aromatic heterocycles. The van der Waals surface area contributed by atoms with Gasteiger partial charge in [0.15, 0.2) is 0 Å². The predicted octanol–water partition coefficient (Wildman–Crippen LogP) is 1.71. The topological polar surface area (TPSA) is 59.4 Å². The van der Waals surface area contributed by atoms with E-state index in [0.29, 0.717) is 18.9 Å². The summed E-state index contributed by atoms with van der Waals surface area (Å²) in [5.74, 6) is -1.01. The van der Waals surface area contributed by atoms with E-state index in [2.05, 4.69) is 4.98 Å². The normalized spacial score (nSPS) is 10.1. The monoisotopic (exact) mass is 195 g/mol. The van der Waals surface area contributed by atoms with Gasteiger partial charge in [-0.1, -0.05) is 13.0 Å². The number of carboxylic acid groups (broad SMARTS) is 1. The molecule has 0 saturated heterocycles. The van der Waals surface area contributed by atoms with Crippen LogP contribution in [0.5, 0.6) is 0 Å². The van der Waals surface area contributed by atoms with Crippen LogP contribution in [0.3, 0.4) is 0 Å². The number of carboxylic acids is 1. The molecule has 0 aliphatic rings. The summed E-state index contributed by atoms with van der Waals surface area (Å²) in [7, 11) is 0. The molecule has 0 bridgehead atoms. The second-order valence-electron chi connectivity index (χ2n) is 2.87. The molecule has 0 amide bonds. The SMILES string of the molecule is CCCOCc1cccc(C(=O)O)n1. The Morgan fingerprint density at radius 3 is 3.00 bits per heavy atom. The Kier molecular flexibility index (Phi) is 4.07. The third-order valence-corrected chi connectivity index (χ3v) is 1.62. The highest BCUT2D eigenvalue weighted by atomic mass is 16.5. The van der Waals surface area contributed by atoms with Crippen LogP contribution in [0, 0.1) is 0 Å². The van der Waals surface area contributed by atoms with Gasteiger partial charge in [0.05, 0.1) is 12.3 Å². The average molecular weight is 195 g/mol. The van der Waals surface area contributed by atoms with Crippen LogP contribution in [-0.4, -0.2) is 22.7 Å². The van der Waals surface area contributed by atoms with Crippen molar-refractivity contribution in [2.45, 2.75) is 20.0 Å². The van der Waals surface area contributed by atoms with Gasteiger partial charge in [0, 0.05) is 6.61 Å². The van der Waals surface area contributed by atoms with Crippen molar-refractivity contribution in [1.29, 1.82) is 0 Å². The second-order valence-corrected chi connectivity index (χ2v) is 2.87. The number of carbonyl (C=O) groups is 1. The molecule has 0 aromatic carbocycles. The van der Waals surface area contributed by atoms with Crippen molar-refractivity contribution in [3.8, 4) is 0 Å². The van der Waals surface area contributed by atoms with Gasteiger partial charge in [-0.25, -0.2) is 9.78 Å². The number of aromatic nitrogens is 1. The first-order chi connectivity index (χ1) is 6.74. The Balaban J connectivity index is 2.59. The van der Waals surface area contributed by atoms with Crippen LogP contribution in [-0.2, 0) is 11.3 Å². The standard InChI is InChI=1S/C10H13NO3/c1-2-6-14-7-8-4-3-5-9(11-8)10(12)13/h3-5H,2,6-7H2,1H3,(H,12,13). The molecular formula is C10H13NO3. The number of hydrogen-bond donors (Lipinski definition) is 1. The van der Waals surface area contributed by atoms with E-state index >= 15 is 0 Å². The Morgan fingerprint density at radius 2 is 2.36 bits per heavy atom. The lowest BCUT2D eigenvalue weighted by Crippen LogP contribution is -2.04. The van der Waals surface area contributed by atoms with Gasteiger partial charge in [-0.05, 0) is 18.6 Å². The third-order valence-electron chi connectivity index (χ3n) is 1.62. The molecule has 1 aromatic rings. The van der Waals surface area contributed by atoms with Gasteiger partial charge >= 0.3 is 5.97 Å². The molecule has 4 heteroatoms. The summed E-state index contributed by atoms with van der Waals surface area (Å²) < 4.78 is 5.25. The van der Waals surface area contributed by atoms with Crippen molar-refractivity contribution < 1.29 is 14.6 Å². The van der Waals surface area contributed by atoms with Crippen LogP contribution in [0.1, 0.15) is 29.5 Å². The maximum absolute atomic E-state index is 10.6. The van der Waals surface area contributed by atoms with Crippen molar-refractivity contribution in [3.05, 3.63) is 29.6 Å². The van der Waals surface area contributed by atoms with Crippen molar-refractivity contribution in [2.75, 3.05) is 6.61 Å². The number of ether oxygens (including phenoxy) is 1. The Bertz CT molecular complexity index is 312. The minimum absolute atomic E-state index is 0.0580. The first kappa shape index (κ1) is 10.7. The maximum atomic E-state index is 10.6. The summed E-state index contributed by atoms with van der Waals surface area (Å²) in [5.41, 5.74) is 0.709. The highest BCUT2D eigenvalue weighted by Gasteiger charge is 2.04. The van der Waals surface area contributed by atoms with Gasteiger partial charge in [-0.2, -0.15) is 0 Å². The lowest BCUT2D eigenvalue weighted by molar-refractivity contribution is 0.0688. The van der Waals surface area contributed by atoms with E-state index in [1.807, 2.05) is 6.92 Å². The summed E-state index contributed by atoms with van der Waals surface area (Å²) in [6.07, 6.45) is 0.943. The molecule has 0 radical (unpaired) electrons. The number of aromatic carboxylic acids is 1. The molecule has 14 heavy (non-hydrogen) atoms. The third kappa shape index (κ3) is 3.14. The predicted molar refractivity (Wildman–Crippen MR) is 51.1 cm³/mol. The fraction of sp³-hybridized carbons (Fsp3) is 0.400. The summed E-state index contributed by atoms with van der Waals surface area (Å²) in [6, 6.07) is 4.88. The van der Waals surface area contributed by atoms with Crippen molar-refractivity contribution >= 4 is 5.97 Å². The van der Waals surface area contributed by atoms with Crippen LogP contribution in [0.25, 0.3) is 0 Å². The first-order valence-electron chi connectivity index (χ1n) is 4.51. The summed E-state index contributed by atoms with van der Waals surface area (Å²) in [6.45, 7) is 3.05. The van der Waals surface area contributed by atoms with Gasteiger partial charge in [-0.15, -0.1) is 0 Å². The molecule has 0 aliphatic carbocycles. The van der Waals surface area contributed by atoms with Crippen LogP contribution in [0.15, 0.2) is 18.2 Å². The number of rotatable bonds is 5. The summed E-state index contributed by atoms with van der Waals surface area (Å²) in [4.78, 5) is 14.5. The molecule has 1 N–H and O–H groups in total. The number of pyridine rings is 1. The van der Waals surface area contributed by atoms with E-state index in [9.17, 15) is 4.79 Å². The van der Waals surface area contributed by atoms with E-state index in [4.69, 9.17) is 9.84 Å². The van der Waals surface area contributed by atoms with Gasteiger partial charge in [0.25, 0.3) is 0 Å². The highest BCUT2D eigenvalue weighted by Crippen LogP contribution is 2.01. The van der Waals surface area contributed by atoms with Gasteiger partial charge < -0.3 is 9.84 Å². The Hall–Kier alpha value is -1.42. The molecule has 76 valence electrons. The number of hydrogen-bond acceptors (Lipinski definition) is 3. The molecule has 0 saturated carbocycles. The maximum Gasteiger partial charge on any atom is 0.354 e. The molecule has 0 atom stereocenters. The van der Waals surface area contributed by atoms with Crippen LogP contribution >= 0.6 is 0 Å². The van der Waals surface area contributed by atoms with Crippen LogP contribution in [0.4, 0.5) is 0 Å². The summed E-state index contributed by atoms with van der Waals surface area (Å²) >= 11 is 0. The Labute approximate surface area is 82.5 Å². The molecule has 0 fully saturated rings. The minimum atomic E-state index is -1.01. The highest BCUT2D eigenvalue weighted by molar-refractivity contribution is 5.85. The van der Waals surface area contributed by atoms with Crippen molar-refractivity contribution in [1.82, 2.24) is 4.98 Å². The molecule has 0 spiro atoms. The Morgan fingerprint density at radius 1 is 1.57 bits per heavy atom. The van der Waals surface area contributed by atoms with Crippen LogP contribution < -0.4 is 0 Å². The lowest BCUT2D eigenvalue weighted by atomic mass is 10.3. The molecule has 1 rings (SSSR count). The van der Waals surface area contributed by atoms with E-state index in [0.717, 1.165) is 6.42 Å². The van der Waals surface area contributed by atoms with Gasteiger partial charge in [0.2, 0.25) is 0 Å². The zero-order chi connectivity index (χ0) is 10.4. The first-order valence-corrected chi connectivity index (χ1v) is 4.51. The lowest BCUT2D eigenvalue weighted by Gasteiger charge is -2.02.